The smallest absolute Gasteiger partial charge is 0.306 e. The largest absolute Gasteiger partial charge is 0.481 e. The topological polar surface area (TPSA) is 91.9 Å². The van der Waals surface area contributed by atoms with Crippen molar-refractivity contribution in [2.45, 2.75) is 50.9 Å². The van der Waals surface area contributed by atoms with Crippen LogP contribution in [0.25, 0.3) is 0 Å². The zero-order valence-electron chi connectivity index (χ0n) is 20.2. The third-order valence-electron chi connectivity index (χ3n) is 7.39. The molecule has 0 amide bonds. The Morgan fingerprint density at radius 2 is 1.71 bits per heavy atom. The Bertz CT molecular complexity index is 1270. The van der Waals surface area contributed by atoms with Crippen LogP contribution in [-0.4, -0.2) is 26.6 Å². The Morgan fingerprint density at radius 3 is 2.31 bits per heavy atom. The van der Waals surface area contributed by atoms with Crippen LogP contribution in [0.5, 0.6) is 0 Å². The minimum Gasteiger partial charge on any atom is -0.481 e. The van der Waals surface area contributed by atoms with Gasteiger partial charge in [-0.3, -0.25) is 9.59 Å². The molecule has 1 fully saturated rings. The van der Waals surface area contributed by atoms with Crippen LogP contribution in [0, 0.1) is 12.8 Å². The van der Waals surface area contributed by atoms with Crippen molar-refractivity contribution >= 4 is 11.7 Å². The van der Waals surface area contributed by atoms with E-state index in [0.29, 0.717) is 23.6 Å². The van der Waals surface area contributed by atoms with Gasteiger partial charge in [-0.05, 0) is 66.8 Å². The maximum atomic E-state index is 11.8. The number of hydrogen-bond acceptors (Lipinski definition) is 4. The Labute approximate surface area is 205 Å². The number of aromatic nitrogens is 1. The van der Waals surface area contributed by atoms with Crippen LogP contribution in [-0.2, 0) is 11.8 Å². The molecule has 0 spiro atoms. The fourth-order valence-electron chi connectivity index (χ4n) is 5.23. The molecule has 6 heteroatoms. The quantitative estimate of drug-likeness (QED) is 0.272. The van der Waals surface area contributed by atoms with Crippen molar-refractivity contribution in [3.05, 3.63) is 105 Å². The molecular weight excluding hydrogens is 440 g/mol. The van der Waals surface area contributed by atoms with Gasteiger partial charge in [-0.1, -0.05) is 53.7 Å². The van der Waals surface area contributed by atoms with Crippen LogP contribution >= 0.6 is 0 Å². The summed E-state index contributed by atoms with van der Waals surface area (Å²) < 4.78 is 1.48. The van der Waals surface area contributed by atoms with Crippen molar-refractivity contribution < 1.29 is 15.1 Å². The highest BCUT2D eigenvalue weighted by Crippen LogP contribution is 2.37. The number of benzene rings is 2. The van der Waals surface area contributed by atoms with E-state index in [2.05, 4.69) is 48.5 Å². The predicted molar refractivity (Wildman–Crippen MR) is 136 cm³/mol. The van der Waals surface area contributed by atoms with Crippen LogP contribution in [0.15, 0.2) is 76.8 Å². The minimum absolute atomic E-state index is 0.0314. The molecule has 1 aliphatic rings. The molecule has 0 unspecified atom stereocenters. The van der Waals surface area contributed by atoms with Crippen LogP contribution < -0.4 is 5.56 Å². The van der Waals surface area contributed by atoms with Gasteiger partial charge in [-0.2, -0.15) is 0 Å². The van der Waals surface area contributed by atoms with E-state index in [-0.39, 0.29) is 17.4 Å². The van der Waals surface area contributed by atoms with E-state index in [0.717, 1.165) is 42.4 Å². The van der Waals surface area contributed by atoms with Crippen LogP contribution in [0.2, 0.25) is 0 Å². The van der Waals surface area contributed by atoms with E-state index < -0.39 is 5.97 Å². The fourth-order valence-corrected chi connectivity index (χ4v) is 5.23. The van der Waals surface area contributed by atoms with E-state index in [9.17, 15) is 19.9 Å². The lowest BCUT2D eigenvalue weighted by Gasteiger charge is -2.27. The van der Waals surface area contributed by atoms with Gasteiger partial charge in [0, 0.05) is 37.2 Å². The zero-order chi connectivity index (χ0) is 24.9. The third kappa shape index (κ3) is 5.53. The second kappa shape index (κ2) is 10.7. The molecule has 0 aliphatic heterocycles. The predicted octanol–water partition coefficient (Wildman–Crippen LogP) is 5.45. The zero-order valence-corrected chi connectivity index (χ0v) is 20.2. The first-order valence-corrected chi connectivity index (χ1v) is 12.1. The van der Waals surface area contributed by atoms with E-state index >= 15 is 0 Å². The third-order valence-corrected chi connectivity index (χ3v) is 7.39. The van der Waals surface area contributed by atoms with Gasteiger partial charge in [0.15, 0.2) is 0 Å². The second-order valence-corrected chi connectivity index (χ2v) is 9.58. The maximum absolute atomic E-state index is 11.8. The summed E-state index contributed by atoms with van der Waals surface area (Å²) in [6.45, 7) is 2.08. The number of pyridine rings is 1. The van der Waals surface area contributed by atoms with Gasteiger partial charge in [-0.25, -0.2) is 0 Å². The van der Waals surface area contributed by atoms with E-state index in [1.807, 2.05) is 12.1 Å². The lowest BCUT2D eigenvalue weighted by molar-refractivity contribution is -0.142. The average molecular weight is 473 g/mol. The molecule has 1 saturated carbocycles. The molecular formula is C29H32N2O4. The summed E-state index contributed by atoms with van der Waals surface area (Å²) in [5.41, 5.74) is 5.79. The lowest BCUT2D eigenvalue weighted by Crippen LogP contribution is -2.20. The van der Waals surface area contributed by atoms with Crippen LogP contribution in [0.1, 0.15) is 71.8 Å². The minimum atomic E-state index is -0.681. The highest BCUT2D eigenvalue weighted by atomic mass is 16.4. The Morgan fingerprint density at radius 1 is 1.03 bits per heavy atom. The normalized spacial score (nSPS) is 19.3. The summed E-state index contributed by atoms with van der Waals surface area (Å²) >= 11 is 0. The number of rotatable bonds is 7. The molecule has 1 aliphatic carbocycles. The van der Waals surface area contributed by atoms with E-state index in [1.54, 1.807) is 19.3 Å². The summed E-state index contributed by atoms with van der Waals surface area (Å²) in [7, 11) is 1.68. The molecule has 0 radical (unpaired) electrons. The van der Waals surface area contributed by atoms with Crippen molar-refractivity contribution in [1.82, 2.24) is 4.57 Å². The van der Waals surface area contributed by atoms with E-state index in [1.165, 1.54) is 16.2 Å². The molecule has 1 heterocycles. The summed E-state index contributed by atoms with van der Waals surface area (Å²) in [5.74, 6) is -0.544. The Balaban J connectivity index is 1.62. The number of aliphatic carboxylic acids is 1. The SMILES string of the molecule is Cc1ccccc1[C@@H](CC(=NO)c1ccc(=O)n(C)c1)c1ccc([C@H]2CC[C@H](C(=O)O)CC2)cc1. The first-order chi connectivity index (χ1) is 16.9. The monoisotopic (exact) mass is 472 g/mol. The van der Waals surface area contributed by atoms with Gasteiger partial charge in [-0.15, -0.1) is 0 Å². The maximum Gasteiger partial charge on any atom is 0.306 e. The first-order valence-electron chi connectivity index (χ1n) is 12.1. The molecule has 0 bridgehead atoms. The van der Waals surface area contributed by atoms with Crippen molar-refractivity contribution in [2.24, 2.45) is 18.1 Å². The number of hydrogen-bond donors (Lipinski definition) is 2. The molecule has 2 N–H and O–H groups in total. The summed E-state index contributed by atoms with van der Waals surface area (Å²) in [6, 6.07) is 20.0. The average Bonchev–Trinajstić information content (AvgIpc) is 2.87. The lowest BCUT2D eigenvalue weighted by atomic mass is 9.78. The van der Waals surface area contributed by atoms with Crippen LogP contribution in [0.3, 0.4) is 0 Å². The molecule has 6 nitrogen and oxygen atoms in total. The summed E-state index contributed by atoms with van der Waals surface area (Å²) in [4.78, 5) is 23.1. The fraction of sp³-hybridized carbons (Fsp3) is 0.345. The Kier molecular flexibility index (Phi) is 7.49. The highest BCUT2D eigenvalue weighted by molar-refractivity contribution is 6.00. The molecule has 182 valence electrons. The van der Waals surface area contributed by atoms with Crippen molar-refractivity contribution in [1.29, 1.82) is 0 Å². The molecule has 3 aromatic rings. The first kappa shape index (κ1) is 24.5. The van der Waals surface area contributed by atoms with Gasteiger partial charge in [0.25, 0.3) is 0 Å². The highest BCUT2D eigenvalue weighted by Gasteiger charge is 2.27. The molecule has 35 heavy (non-hydrogen) atoms. The number of nitrogens with zero attached hydrogens (tertiary/aromatic N) is 2. The van der Waals surface area contributed by atoms with Crippen molar-refractivity contribution in [3.8, 4) is 0 Å². The van der Waals surface area contributed by atoms with E-state index in [4.69, 9.17) is 0 Å². The van der Waals surface area contributed by atoms with Crippen molar-refractivity contribution in [3.63, 3.8) is 0 Å². The van der Waals surface area contributed by atoms with Crippen LogP contribution in [0.4, 0.5) is 0 Å². The second-order valence-electron chi connectivity index (χ2n) is 9.58. The summed E-state index contributed by atoms with van der Waals surface area (Å²) in [5, 5.41) is 22.8. The van der Waals surface area contributed by atoms with Gasteiger partial charge >= 0.3 is 5.97 Å². The van der Waals surface area contributed by atoms with Gasteiger partial charge < -0.3 is 14.9 Å². The molecule has 1 atom stereocenters. The number of carbonyl (C=O) groups is 1. The number of carboxylic acid groups (broad SMARTS) is 1. The standard InChI is InChI=1S/C29H32N2O4/c1-19-5-3-4-6-25(19)26(17-27(30-35)24-15-16-28(32)31(2)18-24)22-11-7-20(8-12-22)21-9-13-23(14-10-21)29(33)34/h3-8,11-12,15-16,18,21,23,26,35H,9-10,13-14,17H2,1-2H3,(H,33,34)/t21-,23-,26-/m0/s1. The molecule has 0 saturated heterocycles. The number of oxime groups is 1. The summed E-state index contributed by atoms with van der Waals surface area (Å²) in [6.07, 6.45) is 5.41. The number of aryl methyl sites for hydroxylation is 2. The van der Waals surface area contributed by atoms with Gasteiger partial charge in [0.05, 0.1) is 11.6 Å². The molecule has 4 rings (SSSR count). The molecule has 1 aromatic heterocycles. The van der Waals surface area contributed by atoms with Gasteiger partial charge in [0.2, 0.25) is 5.56 Å². The Hall–Kier alpha value is -3.67. The molecule has 2 aromatic carbocycles. The van der Waals surface area contributed by atoms with Crippen molar-refractivity contribution in [2.75, 3.05) is 0 Å². The van der Waals surface area contributed by atoms with Gasteiger partial charge in [0.1, 0.15) is 0 Å². The number of carboxylic acids is 1.